The smallest absolute Gasteiger partial charge is 0.313 e. The van der Waals surface area contributed by atoms with Crippen molar-refractivity contribution in [1.82, 2.24) is 15.1 Å². The fourth-order valence-electron chi connectivity index (χ4n) is 2.53. The summed E-state index contributed by atoms with van der Waals surface area (Å²) in [4.78, 5) is 11.0. The van der Waals surface area contributed by atoms with Crippen LogP contribution in [0.4, 0.5) is 5.69 Å². The Balaban J connectivity index is 3.00. The number of nitro groups is 1. The molecule has 1 aromatic heterocycles. The van der Waals surface area contributed by atoms with E-state index < -0.39 is 0 Å². The molecule has 0 bridgehead atoms. The molecule has 1 rings (SSSR count). The van der Waals surface area contributed by atoms with Gasteiger partial charge in [0.1, 0.15) is 11.4 Å². The van der Waals surface area contributed by atoms with E-state index in [9.17, 15) is 10.1 Å². The molecule has 1 aromatic rings. The van der Waals surface area contributed by atoms with Gasteiger partial charge in [-0.25, -0.2) is 0 Å². The predicted molar refractivity (Wildman–Crippen MR) is 80.0 cm³/mol. The van der Waals surface area contributed by atoms with Gasteiger partial charge in [-0.15, -0.1) is 0 Å². The molecule has 1 unspecified atom stereocenters. The van der Waals surface area contributed by atoms with Gasteiger partial charge < -0.3 is 5.32 Å². The van der Waals surface area contributed by atoms with Gasteiger partial charge in [-0.3, -0.25) is 14.8 Å². The van der Waals surface area contributed by atoms with E-state index in [1.165, 1.54) is 0 Å². The minimum Gasteiger partial charge on any atom is -0.314 e. The normalized spacial score (nSPS) is 12.6. The Hall–Kier alpha value is -1.43. The van der Waals surface area contributed by atoms with E-state index in [4.69, 9.17) is 0 Å². The van der Waals surface area contributed by atoms with E-state index in [1.54, 1.807) is 11.6 Å². The third kappa shape index (κ3) is 4.03. The summed E-state index contributed by atoms with van der Waals surface area (Å²) in [5, 5.41) is 19.0. The highest BCUT2D eigenvalue weighted by Gasteiger charge is 2.26. The molecule has 0 spiro atoms. The number of aromatic nitrogens is 2. The van der Waals surface area contributed by atoms with Crippen molar-refractivity contribution in [2.24, 2.45) is 0 Å². The van der Waals surface area contributed by atoms with Crippen molar-refractivity contribution in [3.05, 3.63) is 21.5 Å². The predicted octanol–water partition coefficient (Wildman–Crippen LogP) is 2.83. The van der Waals surface area contributed by atoms with Crippen LogP contribution in [0.25, 0.3) is 0 Å². The summed E-state index contributed by atoms with van der Waals surface area (Å²) in [6.07, 6.45) is 3.81. The molecule has 0 aliphatic heterocycles. The summed E-state index contributed by atoms with van der Waals surface area (Å²) in [6.45, 7) is 9.54. The van der Waals surface area contributed by atoms with Crippen LogP contribution in [-0.2, 0) is 13.0 Å². The van der Waals surface area contributed by atoms with Crippen molar-refractivity contribution in [2.45, 2.75) is 66.0 Å². The van der Waals surface area contributed by atoms with Crippen LogP contribution in [0.5, 0.6) is 0 Å². The van der Waals surface area contributed by atoms with E-state index >= 15 is 0 Å². The fourth-order valence-corrected chi connectivity index (χ4v) is 2.53. The molecule has 0 aromatic carbocycles. The largest absolute Gasteiger partial charge is 0.314 e. The number of rotatable bonds is 9. The fraction of sp³-hybridized carbons (Fsp3) is 0.786. The monoisotopic (exact) mass is 282 g/mol. The highest BCUT2D eigenvalue weighted by atomic mass is 16.6. The van der Waals surface area contributed by atoms with Gasteiger partial charge in [-0.05, 0) is 33.2 Å². The average Bonchev–Trinajstić information content (AvgIpc) is 2.72. The zero-order valence-corrected chi connectivity index (χ0v) is 13.0. The lowest BCUT2D eigenvalue weighted by atomic mass is 10.0. The molecule has 6 nitrogen and oxygen atoms in total. The second-order valence-corrected chi connectivity index (χ2v) is 5.10. The van der Waals surface area contributed by atoms with Gasteiger partial charge in [-0.2, -0.15) is 5.10 Å². The standard InChI is InChI=1S/C14H26N4O2/c1-5-8-12(15-9-6-2)10-13-14(18(19)20)11(4)16-17(13)7-3/h12,15H,5-10H2,1-4H3. The lowest BCUT2D eigenvalue weighted by Crippen LogP contribution is -2.32. The molecule has 0 aliphatic rings. The first-order valence-corrected chi connectivity index (χ1v) is 7.49. The Kier molecular flexibility index (Phi) is 6.64. The molecule has 6 heteroatoms. The van der Waals surface area contributed by atoms with E-state index in [-0.39, 0.29) is 16.7 Å². The molecular weight excluding hydrogens is 256 g/mol. The Morgan fingerprint density at radius 3 is 2.55 bits per heavy atom. The minimum atomic E-state index is -0.299. The molecule has 20 heavy (non-hydrogen) atoms. The average molecular weight is 282 g/mol. The van der Waals surface area contributed by atoms with Crippen LogP contribution in [-0.4, -0.2) is 27.3 Å². The highest BCUT2D eigenvalue weighted by Crippen LogP contribution is 2.25. The van der Waals surface area contributed by atoms with Gasteiger partial charge in [0, 0.05) is 19.0 Å². The Morgan fingerprint density at radius 2 is 2.05 bits per heavy atom. The van der Waals surface area contributed by atoms with Crippen molar-refractivity contribution < 1.29 is 4.92 Å². The SMILES string of the molecule is CCCNC(CCC)Cc1c([N+](=O)[O-])c(C)nn1CC. The Morgan fingerprint density at radius 1 is 1.35 bits per heavy atom. The van der Waals surface area contributed by atoms with Crippen molar-refractivity contribution in [2.75, 3.05) is 6.54 Å². The van der Waals surface area contributed by atoms with Crippen LogP contribution < -0.4 is 5.32 Å². The summed E-state index contributed by atoms with van der Waals surface area (Å²) in [6, 6.07) is 0.278. The molecule has 114 valence electrons. The van der Waals surface area contributed by atoms with E-state index in [1.807, 2.05) is 6.92 Å². The van der Waals surface area contributed by atoms with Crippen molar-refractivity contribution in [3.63, 3.8) is 0 Å². The van der Waals surface area contributed by atoms with Crippen LogP contribution in [0.15, 0.2) is 0 Å². The number of hydrogen-bond acceptors (Lipinski definition) is 4. The van der Waals surface area contributed by atoms with Gasteiger partial charge in [-0.1, -0.05) is 20.3 Å². The van der Waals surface area contributed by atoms with Crippen molar-refractivity contribution in [1.29, 1.82) is 0 Å². The van der Waals surface area contributed by atoms with E-state index in [0.717, 1.165) is 31.5 Å². The maximum Gasteiger partial charge on any atom is 0.313 e. The summed E-state index contributed by atoms with van der Waals surface area (Å²) in [7, 11) is 0. The topological polar surface area (TPSA) is 73.0 Å². The van der Waals surface area contributed by atoms with Crippen molar-refractivity contribution in [3.8, 4) is 0 Å². The molecule has 1 N–H and O–H groups in total. The first kappa shape index (κ1) is 16.6. The van der Waals surface area contributed by atoms with Crippen LogP contribution >= 0.6 is 0 Å². The second kappa shape index (κ2) is 7.99. The number of nitrogens with zero attached hydrogens (tertiary/aromatic N) is 3. The number of hydrogen-bond donors (Lipinski definition) is 1. The van der Waals surface area contributed by atoms with Crippen LogP contribution in [0, 0.1) is 17.0 Å². The van der Waals surface area contributed by atoms with Crippen molar-refractivity contribution >= 4 is 5.69 Å². The minimum absolute atomic E-state index is 0.186. The second-order valence-electron chi connectivity index (χ2n) is 5.10. The molecule has 1 atom stereocenters. The lowest BCUT2D eigenvalue weighted by Gasteiger charge is -2.17. The maximum atomic E-state index is 11.3. The van der Waals surface area contributed by atoms with Gasteiger partial charge >= 0.3 is 5.69 Å². The molecule has 0 saturated heterocycles. The highest BCUT2D eigenvalue weighted by molar-refractivity contribution is 5.41. The van der Waals surface area contributed by atoms with E-state index in [2.05, 4.69) is 24.3 Å². The summed E-state index contributed by atoms with van der Waals surface area (Å²) >= 11 is 0. The lowest BCUT2D eigenvalue weighted by molar-refractivity contribution is -0.386. The summed E-state index contributed by atoms with van der Waals surface area (Å²) in [5.41, 5.74) is 1.45. The van der Waals surface area contributed by atoms with Crippen LogP contribution in [0.3, 0.4) is 0 Å². The molecular formula is C14H26N4O2. The first-order chi connectivity index (χ1) is 9.54. The van der Waals surface area contributed by atoms with Gasteiger partial charge in [0.2, 0.25) is 0 Å². The maximum absolute atomic E-state index is 11.3. The molecule has 0 radical (unpaired) electrons. The molecule has 1 heterocycles. The quantitative estimate of drug-likeness (QED) is 0.558. The Labute approximate surface area is 120 Å². The van der Waals surface area contributed by atoms with Crippen LogP contribution in [0.1, 0.15) is 51.4 Å². The third-order valence-electron chi connectivity index (χ3n) is 3.44. The number of aryl methyl sites for hydroxylation is 2. The van der Waals surface area contributed by atoms with Crippen LogP contribution in [0.2, 0.25) is 0 Å². The third-order valence-corrected chi connectivity index (χ3v) is 3.44. The summed E-state index contributed by atoms with van der Waals surface area (Å²) in [5.74, 6) is 0. The zero-order chi connectivity index (χ0) is 15.1. The number of nitrogens with one attached hydrogen (secondary N) is 1. The van der Waals surface area contributed by atoms with Gasteiger partial charge in [0.25, 0.3) is 0 Å². The molecule has 0 amide bonds. The Bertz CT molecular complexity index is 443. The van der Waals surface area contributed by atoms with Gasteiger partial charge in [0.15, 0.2) is 0 Å². The first-order valence-electron chi connectivity index (χ1n) is 7.49. The van der Waals surface area contributed by atoms with Gasteiger partial charge in [0.05, 0.1) is 4.92 Å². The zero-order valence-electron chi connectivity index (χ0n) is 13.0. The van der Waals surface area contributed by atoms with E-state index in [0.29, 0.717) is 18.7 Å². The molecule has 0 saturated carbocycles. The molecule has 0 fully saturated rings. The molecule has 0 aliphatic carbocycles. The summed E-state index contributed by atoms with van der Waals surface area (Å²) < 4.78 is 1.77.